The molecule has 1 aromatic carbocycles. The number of carbonyl (C=O) groups excluding carboxylic acids is 1. The summed E-state index contributed by atoms with van der Waals surface area (Å²) in [6.07, 6.45) is -0.0494. The Hall–Kier alpha value is -1.35. The molecule has 3 heteroatoms. The van der Waals surface area contributed by atoms with Crippen LogP contribution in [-0.2, 0) is 0 Å². The van der Waals surface area contributed by atoms with E-state index in [0.29, 0.717) is 11.3 Å². The predicted molar refractivity (Wildman–Crippen MR) is 53.6 cm³/mol. The largest absolute Gasteiger partial charge is 0.488 e. The zero-order chi connectivity index (χ0) is 10.6. The van der Waals surface area contributed by atoms with Crippen molar-refractivity contribution < 1.29 is 14.6 Å². The number of hydrogen-bond acceptors (Lipinski definition) is 3. The Labute approximate surface area is 83.3 Å². The smallest absolute Gasteiger partial charge is 0.150 e. The number of rotatable bonds is 4. The summed E-state index contributed by atoms with van der Waals surface area (Å²) in [5.41, 5.74) is 0.570. The standard InChI is InChI=1S/C11H14O3/c1-8(13)9(2)14-11-5-3-4-10(6-11)7-12/h3-9,13H,1-2H3. The first-order valence-corrected chi connectivity index (χ1v) is 4.53. The molecule has 0 spiro atoms. The molecule has 0 amide bonds. The van der Waals surface area contributed by atoms with E-state index in [1.807, 2.05) is 0 Å². The average Bonchev–Trinajstić information content (AvgIpc) is 2.18. The van der Waals surface area contributed by atoms with Gasteiger partial charge in [-0.25, -0.2) is 0 Å². The van der Waals surface area contributed by atoms with Crippen LogP contribution in [-0.4, -0.2) is 23.6 Å². The van der Waals surface area contributed by atoms with E-state index in [2.05, 4.69) is 0 Å². The van der Waals surface area contributed by atoms with E-state index in [4.69, 9.17) is 4.74 Å². The molecule has 0 aliphatic heterocycles. The van der Waals surface area contributed by atoms with Crippen LogP contribution in [0.3, 0.4) is 0 Å². The monoisotopic (exact) mass is 194 g/mol. The highest BCUT2D eigenvalue weighted by molar-refractivity contribution is 5.75. The van der Waals surface area contributed by atoms with Gasteiger partial charge in [-0.05, 0) is 26.0 Å². The Morgan fingerprint density at radius 2 is 2.14 bits per heavy atom. The number of ether oxygens (including phenoxy) is 1. The minimum Gasteiger partial charge on any atom is -0.488 e. The summed E-state index contributed by atoms with van der Waals surface area (Å²) in [6.45, 7) is 3.44. The molecule has 0 saturated heterocycles. The minimum absolute atomic E-state index is 0.281. The van der Waals surface area contributed by atoms with Gasteiger partial charge < -0.3 is 9.84 Å². The number of aldehydes is 1. The Balaban J connectivity index is 2.71. The highest BCUT2D eigenvalue weighted by atomic mass is 16.5. The average molecular weight is 194 g/mol. The molecule has 1 aromatic rings. The molecule has 0 heterocycles. The van der Waals surface area contributed by atoms with Crippen molar-refractivity contribution in [1.29, 1.82) is 0 Å². The molecule has 0 fully saturated rings. The molecule has 2 unspecified atom stereocenters. The molecule has 14 heavy (non-hydrogen) atoms. The quantitative estimate of drug-likeness (QED) is 0.741. The Morgan fingerprint density at radius 3 is 2.71 bits per heavy atom. The lowest BCUT2D eigenvalue weighted by atomic mass is 10.2. The number of hydrogen-bond donors (Lipinski definition) is 1. The maximum Gasteiger partial charge on any atom is 0.150 e. The first-order chi connectivity index (χ1) is 6.63. The lowest BCUT2D eigenvalue weighted by Crippen LogP contribution is -2.25. The van der Waals surface area contributed by atoms with Crippen LogP contribution in [0.5, 0.6) is 5.75 Å². The van der Waals surface area contributed by atoms with Crippen molar-refractivity contribution in [3.63, 3.8) is 0 Å². The second kappa shape index (κ2) is 4.77. The zero-order valence-electron chi connectivity index (χ0n) is 8.31. The van der Waals surface area contributed by atoms with E-state index >= 15 is 0 Å². The van der Waals surface area contributed by atoms with Crippen molar-refractivity contribution in [2.45, 2.75) is 26.1 Å². The van der Waals surface area contributed by atoms with Crippen molar-refractivity contribution in [2.75, 3.05) is 0 Å². The maximum absolute atomic E-state index is 10.5. The molecular weight excluding hydrogens is 180 g/mol. The fraction of sp³-hybridized carbons (Fsp3) is 0.364. The van der Waals surface area contributed by atoms with Crippen LogP contribution in [0.25, 0.3) is 0 Å². The van der Waals surface area contributed by atoms with Crippen molar-refractivity contribution in [1.82, 2.24) is 0 Å². The van der Waals surface area contributed by atoms with Gasteiger partial charge >= 0.3 is 0 Å². The Bertz CT molecular complexity index is 307. The molecule has 0 aromatic heterocycles. The van der Waals surface area contributed by atoms with Crippen LogP contribution in [0, 0.1) is 0 Å². The number of benzene rings is 1. The molecular formula is C11H14O3. The fourth-order valence-corrected chi connectivity index (χ4v) is 0.974. The lowest BCUT2D eigenvalue weighted by Gasteiger charge is -2.17. The highest BCUT2D eigenvalue weighted by Gasteiger charge is 2.09. The summed E-state index contributed by atoms with van der Waals surface area (Å²) in [5.74, 6) is 0.600. The molecule has 0 radical (unpaired) electrons. The third-order valence-electron chi connectivity index (χ3n) is 2.00. The topological polar surface area (TPSA) is 46.5 Å². The number of aliphatic hydroxyl groups is 1. The Kier molecular flexibility index (Phi) is 3.65. The molecule has 0 saturated carbocycles. The molecule has 76 valence electrons. The van der Waals surface area contributed by atoms with Gasteiger partial charge in [0.15, 0.2) is 0 Å². The van der Waals surface area contributed by atoms with Gasteiger partial charge in [-0.3, -0.25) is 4.79 Å². The summed E-state index contributed by atoms with van der Waals surface area (Å²) in [4.78, 5) is 10.5. The molecule has 0 aliphatic rings. The van der Waals surface area contributed by atoms with E-state index in [-0.39, 0.29) is 6.10 Å². The third kappa shape index (κ3) is 2.85. The van der Waals surface area contributed by atoms with Crippen LogP contribution in [0.15, 0.2) is 24.3 Å². The molecule has 1 N–H and O–H groups in total. The summed E-state index contributed by atoms with van der Waals surface area (Å²) in [5, 5.41) is 9.21. The van der Waals surface area contributed by atoms with Crippen molar-refractivity contribution in [3.05, 3.63) is 29.8 Å². The second-order valence-electron chi connectivity index (χ2n) is 3.25. The van der Waals surface area contributed by atoms with Gasteiger partial charge in [-0.2, -0.15) is 0 Å². The summed E-state index contributed by atoms with van der Waals surface area (Å²) in [7, 11) is 0. The van der Waals surface area contributed by atoms with Crippen molar-refractivity contribution in [2.24, 2.45) is 0 Å². The van der Waals surface area contributed by atoms with Gasteiger partial charge in [0.1, 0.15) is 18.1 Å². The van der Waals surface area contributed by atoms with Gasteiger partial charge in [0.2, 0.25) is 0 Å². The van der Waals surface area contributed by atoms with Crippen LogP contribution >= 0.6 is 0 Å². The van der Waals surface area contributed by atoms with Gasteiger partial charge in [0.25, 0.3) is 0 Å². The highest BCUT2D eigenvalue weighted by Crippen LogP contribution is 2.14. The van der Waals surface area contributed by atoms with E-state index in [1.165, 1.54) is 0 Å². The van der Waals surface area contributed by atoms with Gasteiger partial charge in [0, 0.05) is 5.56 Å². The van der Waals surface area contributed by atoms with E-state index in [1.54, 1.807) is 38.1 Å². The zero-order valence-corrected chi connectivity index (χ0v) is 8.31. The normalized spacial score (nSPS) is 14.5. The minimum atomic E-state index is -0.533. The SMILES string of the molecule is CC(O)C(C)Oc1cccc(C=O)c1. The molecule has 3 nitrogen and oxygen atoms in total. The maximum atomic E-state index is 10.5. The van der Waals surface area contributed by atoms with Crippen LogP contribution in [0.2, 0.25) is 0 Å². The number of carbonyl (C=O) groups is 1. The van der Waals surface area contributed by atoms with Crippen molar-refractivity contribution in [3.8, 4) is 5.75 Å². The predicted octanol–water partition coefficient (Wildman–Crippen LogP) is 1.65. The first kappa shape index (κ1) is 10.7. The van der Waals surface area contributed by atoms with Gasteiger partial charge in [-0.15, -0.1) is 0 Å². The van der Waals surface area contributed by atoms with Crippen molar-refractivity contribution >= 4 is 6.29 Å². The lowest BCUT2D eigenvalue weighted by molar-refractivity contribution is 0.0604. The summed E-state index contributed by atoms with van der Waals surface area (Å²) in [6, 6.07) is 6.85. The van der Waals surface area contributed by atoms with Crippen LogP contribution < -0.4 is 4.74 Å². The second-order valence-corrected chi connectivity index (χ2v) is 3.25. The van der Waals surface area contributed by atoms with Gasteiger partial charge in [-0.1, -0.05) is 12.1 Å². The van der Waals surface area contributed by atoms with E-state index in [9.17, 15) is 9.90 Å². The summed E-state index contributed by atoms with van der Waals surface area (Å²) >= 11 is 0. The van der Waals surface area contributed by atoms with Gasteiger partial charge in [0.05, 0.1) is 6.10 Å². The Morgan fingerprint density at radius 1 is 1.43 bits per heavy atom. The van der Waals surface area contributed by atoms with E-state index < -0.39 is 6.10 Å². The number of aliphatic hydroxyl groups excluding tert-OH is 1. The van der Waals surface area contributed by atoms with Crippen LogP contribution in [0.1, 0.15) is 24.2 Å². The summed E-state index contributed by atoms with van der Waals surface area (Å²) < 4.78 is 5.41. The van der Waals surface area contributed by atoms with Crippen LogP contribution in [0.4, 0.5) is 0 Å². The molecule has 0 bridgehead atoms. The first-order valence-electron chi connectivity index (χ1n) is 4.53. The molecule has 2 atom stereocenters. The third-order valence-corrected chi connectivity index (χ3v) is 2.00. The fourth-order valence-electron chi connectivity index (χ4n) is 0.974. The molecule has 1 rings (SSSR count). The molecule has 0 aliphatic carbocycles. The van der Waals surface area contributed by atoms with E-state index in [0.717, 1.165) is 6.29 Å².